The van der Waals surface area contributed by atoms with Crippen molar-refractivity contribution in [3.8, 4) is 5.69 Å². The smallest absolute Gasteiger partial charge is 0.220 e. The van der Waals surface area contributed by atoms with Crippen LogP contribution in [-0.2, 0) is 11.3 Å². The number of halogens is 1. The molecular formula is C20H20ClN7OS2. The summed E-state index contributed by atoms with van der Waals surface area (Å²) in [5, 5.41) is 15.6. The Morgan fingerprint density at radius 1 is 1.13 bits per heavy atom. The van der Waals surface area contributed by atoms with Crippen molar-refractivity contribution >= 4 is 44.9 Å². The molecule has 0 N–H and O–H groups in total. The van der Waals surface area contributed by atoms with Crippen LogP contribution in [0.1, 0.15) is 16.3 Å². The van der Waals surface area contributed by atoms with Gasteiger partial charge in [-0.3, -0.25) is 4.90 Å². The Labute approximate surface area is 192 Å². The first-order chi connectivity index (χ1) is 15.1. The molecule has 0 spiro atoms. The highest BCUT2D eigenvalue weighted by Gasteiger charge is 2.20. The number of morpholine rings is 1. The zero-order chi connectivity index (χ0) is 21.4. The molecule has 8 nitrogen and oxygen atoms in total. The summed E-state index contributed by atoms with van der Waals surface area (Å²) in [6.45, 7) is 8.21. The molecule has 0 amide bonds. The molecule has 4 heterocycles. The van der Waals surface area contributed by atoms with Crippen molar-refractivity contribution in [2.75, 3.05) is 26.3 Å². The van der Waals surface area contributed by atoms with E-state index in [-0.39, 0.29) is 0 Å². The molecule has 160 valence electrons. The fraction of sp³-hybridized carbons (Fsp3) is 0.350. The molecule has 1 fully saturated rings. The lowest BCUT2D eigenvalue weighted by Gasteiger charge is -2.25. The monoisotopic (exact) mass is 473 g/mol. The summed E-state index contributed by atoms with van der Waals surface area (Å²) < 4.78 is 7.16. The molecule has 0 atom stereocenters. The van der Waals surface area contributed by atoms with E-state index in [0.29, 0.717) is 16.7 Å². The molecule has 1 aromatic carbocycles. The van der Waals surface area contributed by atoms with Gasteiger partial charge in [0.25, 0.3) is 0 Å². The van der Waals surface area contributed by atoms with Gasteiger partial charge < -0.3 is 4.74 Å². The fourth-order valence-corrected chi connectivity index (χ4v) is 5.65. The molecule has 0 radical (unpaired) electrons. The SMILES string of the molecule is Cc1sc2nc(CN3CCOCC3)nc(Sc3nnnn3-c3ccc(Cl)cc3)c2c1C. The number of tetrazole rings is 1. The molecule has 1 aliphatic heterocycles. The topological polar surface area (TPSA) is 81.8 Å². The predicted molar refractivity (Wildman–Crippen MR) is 121 cm³/mol. The first-order valence-corrected chi connectivity index (χ1v) is 11.9. The fourth-order valence-electron chi connectivity index (χ4n) is 3.43. The molecule has 5 rings (SSSR count). The number of ether oxygens (including phenoxy) is 1. The zero-order valence-corrected chi connectivity index (χ0v) is 19.5. The Morgan fingerprint density at radius 3 is 2.68 bits per heavy atom. The van der Waals surface area contributed by atoms with Crippen LogP contribution < -0.4 is 0 Å². The Hall–Kier alpha value is -2.11. The van der Waals surface area contributed by atoms with Crippen LogP contribution >= 0.6 is 34.7 Å². The maximum Gasteiger partial charge on any atom is 0.220 e. The van der Waals surface area contributed by atoms with Gasteiger partial charge in [0.15, 0.2) is 0 Å². The molecule has 3 aromatic heterocycles. The van der Waals surface area contributed by atoms with E-state index >= 15 is 0 Å². The number of hydrogen-bond acceptors (Lipinski definition) is 9. The Morgan fingerprint density at radius 2 is 1.90 bits per heavy atom. The second kappa shape index (κ2) is 8.79. The second-order valence-corrected chi connectivity index (χ2v) is 9.84. The summed E-state index contributed by atoms with van der Waals surface area (Å²) >= 11 is 9.19. The van der Waals surface area contributed by atoms with E-state index in [0.717, 1.165) is 53.1 Å². The number of fused-ring (bicyclic) bond motifs is 1. The van der Waals surface area contributed by atoms with Crippen molar-refractivity contribution in [2.24, 2.45) is 0 Å². The number of thiophene rings is 1. The maximum atomic E-state index is 6.03. The van der Waals surface area contributed by atoms with E-state index in [1.54, 1.807) is 16.0 Å². The molecule has 4 aromatic rings. The lowest BCUT2D eigenvalue weighted by Crippen LogP contribution is -2.36. The van der Waals surface area contributed by atoms with Crippen LogP contribution in [0.2, 0.25) is 5.02 Å². The van der Waals surface area contributed by atoms with E-state index in [4.69, 9.17) is 26.3 Å². The summed E-state index contributed by atoms with van der Waals surface area (Å²) in [7, 11) is 0. The van der Waals surface area contributed by atoms with Crippen LogP contribution in [-0.4, -0.2) is 61.4 Å². The minimum atomic E-state index is 0.642. The first kappa shape index (κ1) is 20.8. The summed E-state index contributed by atoms with van der Waals surface area (Å²) in [6, 6.07) is 7.43. The largest absolute Gasteiger partial charge is 0.379 e. The van der Waals surface area contributed by atoms with Crippen LogP contribution in [0, 0.1) is 13.8 Å². The third-order valence-electron chi connectivity index (χ3n) is 5.21. The van der Waals surface area contributed by atoms with Gasteiger partial charge >= 0.3 is 0 Å². The van der Waals surface area contributed by atoms with Gasteiger partial charge in [-0.2, -0.15) is 4.68 Å². The molecule has 0 aliphatic carbocycles. The lowest BCUT2D eigenvalue weighted by atomic mass is 10.2. The van der Waals surface area contributed by atoms with Gasteiger partial charge in [0, 0.05) is 28.4 Å². The van der Waals surface area contributed by atoms with E-state index in [1.165, 1.54) is 22.2 Å². The average Bonchev–Trinajstić information content (AvgIpc) is 3.33. The van der Waals surface area contributed by atoms with E-state index in [1.807, 2.05) is 24.3 Å². The van der Waals surface area contributed by atoms with Crippen molar-refractivity contribution in [1.82, 2.24) is 35.1 Å². The quantitative estimate of drug-likeness (QED) is 0.403. The van der Waals surface area contributed by atoms with E-state index in [9.17, 15) is 0 Å². The molecule has 0 saturated carbocycles. The van der Waals surface area contributed by atoms with Gasteiger partial charge in [0.1, 0.15) is 15.7 Å². The number of aromatic nitrogens is 6. The van der Waals surface area contributed by atoms with Crippen LogP contribution in [0.3, 0.4) is 0 Å². The summed E-state index contributed by atoms with van der Waals surface area (Å²) in [5.74, 6) is 0.809. The highest BCUT2D eigenvalue weighted by Crippen LogP contribution is 2.38. The van der Waals surface area contributed by atoms with Crippen molar-refractivity contribution in [1.29, 1.82) is 0 Å². The Bertz CT molecular complexity index is 1220. The maximum absolute atomic E-state index is 6.03. The zero-order valence-electron chi connectivity index (χ0n) is 17.1. The van der Waals surface area contributed by atoms with Gasteiger partial charge in [0.2, 0.25) is 5.16 Å². The van der Waals surface area contributed by atoms with Crippen molar-refractivity contribution in [3.63, 3.8) is 0 Å². The summed E-state index contributed by atoms with van der Waals surface area (Å²) in [6.07, 6.45) is 0. The highest BCUT2D eigenvalue weighted by atomic mass is 35.5. The van der Waals surface area contributed by atoms with E-state index < -0.39 is 0 Å². The van der Waals surface area contributed by atoms with Crippen LogP contribution in [0.5, 0.6) is 0 Å². The Balaban J connectivity index is 1.53. The van der Waals surface area contributed by atoms with Crippen molar-refractivity contribution in [2.45, 2.75) is 30.6 Å². The highest BCUT2D eigenvalue weighted by molar-refractivity contribution is 7.99. The minimum Gasteiger partial charge on any atom is -0.379 e. The van der Waals surface area contributed by atoms with Crippen LogP contribution in [0.25, 0.3) is 15.9 Å². The number of rotatable bonds is 5. The van der Waals surface area contributed by atoms with Crippen LogP contribution in [0.4, 0.5) is 0 Å². The number of hydrogen-bond donors (Lipinski definition) is 0. The second-order valence-electron chi connectivity index (χ2n) is 7.25. The molecule has 0 bridgehead atoms. The molecular weight excluding hydrogens is 454 g/mol. The molecule has 31 heavy (non-hydrogen) atoms. The average molecular weight is 474 g/mol. The lowest BCUT2D eigenvalue weighted by molar-refractivity contribution is 0.0330. The number of nitrogens with zero attached hydrogens (tertiary/aromatic N) is 7. The van der Waals surface area contributed by atoms with Crippen LogP contribution in [0.15, 0.2) is 34.4 Å². The van der Waals surface area contributed by atoms with Crippen molar-refractivity contribution < 1.29 is 4.74 Å². The standard InChI is InChI=1S/C20H20ClN7OS2/c1-12-13(2)30-18-17(12)19(23-16(22-18)11-27-7-9-29-10-8-27)31-20-24-25-26-28(20)15-5-3-14(21)4-6-15/h3-6H,7-11H2,1-2H3. The predicted octanol–water partition coefficient (Wildman–Crippen LogP) is 3.92. The number of benzene rings is 1. The molecule has 1 saturated heterocycles. The van der Waals surface area contributed by atoms with Gasteiger partial charge in [-0.05, 0) is 65.9 Å². The van der Waals surface area contributed by atoms with E-state index in [2.05, 4.69) is 34.3 Å². The minimum absolute atomic E-state index is 0.642. The van der Waals surface area contributed by atoms with Gasteiger partial charge in [-0.25, -0.2) is 9.97 Å². The third-order valence-corrected chi connectivity index (χ3v) is 7.49. The number of aryl methyl sites for hydroxylation is 2. The molecule has 1 aliphatic rings. The molecule has 11 heteroatoms. The van der Waals surface area contributed by atoms with Gasteiger partial charge in [0.05, 0.1) is 25.4 Å². The Kier molecular flexibility index (Phi) is 5.89. The summed E-state index contributed by atoms with van der Waals surface area (Å²) in [4.78, 5) is 14.4. The van der Waals surface area contributed by atoms with Gasteiger partial charge in [-0.1, -0.05) is 11.6 Å². The normalized spacial score (nSPS) is 15.1. The molecule has 0 unspecified atom stereocenters. The summed E-state index contributed by atoms with van der Waals surface area (Å²) in [5.41, 5.74) is 2.04. The third kappa shape index (κ3) is 4.31. The van der Waals surface area contributed by atoms with Gasteiger partial charge in [-0.15, -0.1) is 16.4 Å². The van der Waals surface area contributed by atoms with Crippen molar-refractivity contribution in [3.05, 3.63) is 45.6 Å². The first-order valence-electron chi connectivity index (χ1n) is 9.87.